The normalized spacial score (nSPS) is 12.9. The molecule has 0 fully saturated rings. The van der Waals surface area contributed by atoms with Gasteiger partial charge >= 0.3 is 0 Å². The molecule has 1 atom stereocenters. The maximum absolute atomic E-state index is 11.4. The zero-order valence-corrected chi connectivity index (χ0v) is 9.89. The fourth-order valence-corrected chi connectivity index (χ4v) is 1.68. The Kier molecular flexibility index (Phi) is 7.48. The first-order valence-electron chi connectivity index (χ1n) is 5.59. The van der Waals surface area contributed by atoms with Crippen LogP contribution in [0.5, 0.6) is 0 Å². The van der Waals surface area contributed by atoms with E-state index in [0.29, 0.717) is 18.4 Å². The van der Waals surface area contributed by atoms with Gasteiger partial charge in [-0.3, -0.25) is 4.79 Å². The molecule has 3 nitrogen and oxygen atoms in total. The van der Waals surface area contributed by atoms with Crippen molar-refractivity contribution in [2.75, 3.05) is 13.6 Å². The lowest BCUT2D eigenvalue weighted by atomic mass is 9.95. The second-order valence-corrected chi connectivity index (χ2v) is 3.79. The monoisotopic (exact) mass is 200 g/mol. The molecule has 3 heteroatoms. The average molecular weight is 200 g/mol. The van der Waals surface area contributed by atoms with Gasteiger partial charge in [0.05, 0.1) is 0 Å². The van der Waals surface area contributed by atoms with Crippen LogP contribution in [0.2, 0.25) is 0 Å². The zero-order valence-electron chi connectivity index (χ0n) is 9.89. The molecular formula is C11H24N2O. The molecule has 14 heavy (non-hydrogen) atoms. The van der Waals surface area contributed by atoms with Crippen molar-refractivity contribution in [2.24, 2.45) is 5.92 Å². The Labute approximate surface area is 87.6 Å². The van der Waals surface area contributed by atoms with Crippen LogP contribution in [-0.4, -0.2) is 25.5 Å². The maximum atomic E-state index is 11.4. The molecule has 0 bridgehead atoms. The average Bonchev–Trinajstić information content (AvgIpc) is 2.16. The third kappa shape index (κ3) is 5.22. The molecule has 1 amide bonds. The molecule has 0 saturated heterocycles. The number of hydrogen-bond acceptors (Lipinski definition) is 2. The predicted molar refractivity (Wildman–Crippen MR) is 60.2 cm³/mol. The summed E-state index contributed by atoms with van der Waals surface area (Å²) in [6.45, 7) is 7.19. The van der Waals surface area contributed by atoms with Crippen molar-refractivity contribution < 1.29 is 4.79 Å². The van der Waals surface area contributed by atoms with Crippen LogP contribution in [0.15, 0.2) is 0 Å². The van der Waals surface area contributed by atoms with Gasteiger partial charge < -0.3 is 10.6 Å². The summed E-state index contributed by atoms with van der Waals surface area (Å²) in [5.74, 6) is 0.757. The fraction of sp³-hybridized carbons (Fsp3) is 0.909. The van der Waals surface area contributed by atoms with Crippen molar-refractivity contribution in [2.45, 2.75) is 46.1 Å². The maximum Gasteiger partial charge on any atom is 0.221 e. The van der Waals surface area contributed by atoms with Crippen LogP contribution in [0.25, 0.3) is 0 Å². The van der Waals surface area contributed by atoms with Crippen molar-refractivity contribution in [3.05, 3.63) is 0 Å². The summed E-state index contributed by atoms with van der Waals surface area (Å²) in [6, 6.07) is 0.300. The summed E-state index contributed by atoms with van der Waals surface area (Å²) in [5, 5.41) is 6.01. The summed E-state index contributed by atoms with van der Waals surface area (Å²) in [5.41, 5.74) is 0. The highest BCUT2D eigenvalue weighted by atomic mass is 16.1. The molecular weight excluding hydrogens is 176 g/mol. The van der Waals surface area contributed by atoms with E-state index >= 15 is 0 Å². The van der Waals surface area contributed by atoms with Crippen molar-refractivity contribution in [1.82, 2.24) is 10.6 Å². The standard InChI is InChI=1S/C11H24N2O/c1-5-10(6-2)9(3)13-11(14)7-8-12-4/h9-10,12H,5-8H2,1-4H3,(H,13,14). The van der Waals surface area contributed by atoms with Crippen LogP contribution in [0.3, 0.4) is 0 Å². The van der Waals surface area contributed by atoms with E-state index in [1.54, 1.807) is 0 Å². The van der Waals surface area contributed by atoms with Gasteiger partial charge in [0, 0.05) is 19.0 Å². The van der Waals surface area contributed by atoms with Crippen LogP contribution < -0.4 is 10.6 Å². The number of carbonyl (C=O) groups excluding carboxylic acids is 1. The van der Waals surface area contributed by atoms with Gasteiger partial charge in [-0.2, -0.15) is 0 Å². The van der Waals surface area contributed by atoms with Crippen molar-refractivity contribution >= 4 is 5.91 Å². The van der Waals surface area contributed by atoms with Crippen molar-refractivity contribution in [3.63, 3.8) is 0 Å². The van der Waals surface area contributed by atoms with Gasteiger partial charge in [0.25, 0.3) is 0 Å². The Balaban J connectivity index is 3.79. The second kappa shape index (κ2) is 7.80. The predicted octanol–water partition coefficient (Wildman–Crippen LogP) is 1.54. The molecule has 0 aromatic heterocycles. The quantitative estimate of drug-likeness (QED) is 0.654. The van der Waals surface area contributed by atoms with Gasteiger partial charge in [-0.05, 0) is 19.9 Å². The zero-order chi connectivity index (χ0) is 11.0. The molecule has 0 spiro atoms. The molecule has 0 radical (unpaired) electrons. The second-order valence-electron chi connectivity index (χ2n) is 3.79. The van der Waals surface area contributed by atoms with Crippen LogP contribution in [0, 0.1) is 5.92 Å². The molecule has 84 valence electrons. The molecule has 0 heterocycles. The highest BCUT2D eigenvalue weighted by Crippen LogP contribution is 2.12. The SMILES string of the molecule is CCC(CC)C(C)NC(=O)CCNC. The van der Waals surface area contributed by atoms with Gasteiger partial charge in [0.15, 0.2) is 0 Å². The highest BCUT2D eigenvalue weighted by Gasteiger charge is 2.14. The molecule has 0 rings (SSSR count). The minimum Gasteiger partial charge on any atom is -0.353 e. The molecule has 0 aromatic rings. The van der Waals surface area contributed by atoms with E-state index in [9.17, 15) is 4.79 Å². The third-order valence-corrected chi connectivity index (χ3v) is 2.75. The van der Waals surface area contributed by atoms with Gasteiger partial charge in [-0.1, -0.05) is 26.7 Å². The Bertz CT molecular complexity index is 155. The minimum atomic E-state index is 0.152. The lowest BCUT2D eigenvalue weighted by molar-refractivity contribution is -0.121. The van der Waals surface area contributed by atoms with Gasteiger partial charge in [0.1, 0.15) is 0 Å². The first-order chi connectivity index (χ1) is 6.65. The Morgan fingerprint density at radius 1 is 1.29 bits per heavy atom. The molecule has 0 aliphatic heterocycles. The fourth-order valence-electron chi connectivity index (χ4n) is 1.68. The number of rotatable bonds is 7. The molecule has 0 aliphatic rings. The summed E-state index contributed by atoms with van der Waals surface area (Å²) in [7, 11) is 1.86. The Morgan fingerprint density at radius 2 is 1.86 bits per heavy atom. The van der Waals surface area contributed by atoms with Gasteiger partial charge in [0.2, 0.25) is 5.91 Å². The molecule has 0 aliphatic carbocycles. The summed E-state index contributed by atoms with van der Waals surface area (Å²) >= 11 is 0. The van der Waals surface area contributed by atoms with E-state index < -0.39 is 0 Å². The third-order valence-electron chi connectivity index (χ3n) is 2.75. The van der Waals surface area contributed by atoms with Crippen LogP contribution in [0.1, 0.15) is 40.0 Å². The number of amides is 1. The number of nitrogens with one attached hydrogen (secondary N) is 2. The smallest absolute Gasteiger partial charge is 0.221 e. The van der Waals surface area contributed by atoms with E-state index in [0.717, 1.165) is 19.4 Å². The first-order valence-corrected chi connectivity index (χ1v) is 5.59. The van der Waals surface area contributed by atoms with Crippen LogP contribution >= 0.6 is 0 Å². The van der Waals surface area contributed by atoms with Gasteiger partial charge in [-0.15, -0.1) is 0 Å². The van der Waals surface area contributed by atoms with Crippen LogP contribution in [-0.2, 0) is 4.79 Å². The summed E-state index contributed by atoms with van der Waals surface area (Å²) in [6.07, 6.45) is 2.83. The lowest BCUT2D eigenvalue weighted by Crippen LogP contribution is -2.38. The topological polar surface area (TPSA) is 41.1 Å². The van der Waals surface area contributed by atoms with Crippen molar-refractivity contribution in [3.8, 4) is 0 Å². The lowest BCUT2D eigenvalue weighted by Gasteiger charge is -2.22. The molecule has 0 saturated carbocycles. The van der Waals surface area contributed by atoms with E-state index in [-0.39, 0.29) is 5.91 Å². The molecule has 1 unspecified atom stereocenters. The summed E-state index contributed by atoms with van der Waals surface area (Å²) in [4.78, 5) is 11.4. The first kappa shape index (κ1) is 13.4. The van der Waals surface area contributed by atoms with Crippen LogP contribution in [0.4, 0.5) is 0 Å². The Morgan fingerprint density at radius 3 is 2.29 bits per heavy atom. The van der Waals surface area contributed by atoms with E-state index in [1.165, 1.54) is 0 Å². The van der Waals surface area contributed by atoms with Crippen molar-refractivity contribution in [1.29, 1.82) is 0 Å². The minimum absolute atomic E-state index is 0.152. The number of carbonyl (C=O) groups is 1. The highest BCUT2D eigenvalue weighted by molar-refractivity contribution is 5.76. The number of hydrogen-bond donors (Lipinski definition) is 2. The summed E-state index contributed by atoms with van der Waals surface area (Å²) < 4.78 is 0. The molecule has 0 aromatic carbocycles. The largest absolute Gasteiger partial charge is 0.353 e. The van der Waals surface area contributed by atoms with E-state index in [1.807, 2.05) is 7.05 Å². The Hall–Kier alpha value is -0.570. The molecule has 2 N–H and O–H groups in total. The van der Waals surface area contributed by atoms with E-state index in [4.69, 9.17) is 0 Å². The van der Waals surface area contributed by atoms with Gasteiger partial charge in [-0.25, -0.2) is 0 Å². The van der Waals surface area contributed by atoms with E-state index in [2.05, 4.69) is 31.4 Å².